The van der Waals surface area contributed by atoms with Crippen LogP contribution in [0.2, 0.25) is 0 Å². The van der Waals surface area contributed by atoms with Gasteiger partial charge in [0.15, 0.2) is 0 Å². The molecule has 0 bridgehead atoms. The van der Waals surface area contributed by atoms with Gasteiger partial charge in [0.05, 0.1) is 12.4 Å². The summed E-state index contributed by atoms with van der Waals surface area (Å²) >= 11 is 1.47. The van der Waals surface area contributed by atoms with Crippen LogP contribution in [-0.4, -0.2) is 29.2 Å². The van der Waals surface area contributed by atoms with Gasteiger partial charge in [-0.2, -0.15) is 0 Å². The first-order valence-electron chi connectivity index (χ1n) is 11.2. The van der Waals surface area contributed by atoms with Crippen molar-refractivity contribution in [3.63, 3.8) is 0 Å². The monoisotopic (exact) mass is 462 g/mol. The van der Waals surface area contributed by atoms with Crippen molar-refractivity contribution in [3.8, 4) is 11.1 Å². The van der Waals surface area contributed by atoms with Crippen LogP contribution in [0.25, 0.3) is 11.1 Å². The number of rotatable bonds is 12. The molecule has 3 rings (SSSR count). The largest absolute Gasteiger partial charge is 0.392 e. The maximum atomic E-state index is 12.3. The highest BCUT2D eigenvalue weighted by molar-refractivity contribution is 8.00. The zero-order valence-corrected chi connectivity index (χ0v) is 19.4. The number of unbranched alkanes of at least 4 members (excludes halogenated alkanes) is 2. The van der Waals surface area contributed by atoms with E-state index in [9.17, 15) is 9.59 Å². The molecule has 0 spiro atoms. The topological polar surface area (TPSA) is 78.4 Å². The quantitative estimate of drug-likeness (QED) is 0.254. The summed E-state index contributed by atoms with van der Waals surface area (Å²) in [6.45, 7) is 0.637. The fraction of sp³-hybridized carbons (Fsp3) is 0.259. The summed E-state index contributed by atoms with van der Waals surface area (Å²) in [6, 6.07) is 25.5. The maximum absolute atomic E-state index is 12.3. The lowest BCUT2D eigenvalue weighted by atomic mass is 10.1. The van der Waals surface area contributed by atoms with Crippen LogP contribution < -0.4 is 10.6 Å². The Morgan fingerprint density at radius 1 is 0.788 bits per heavy atom. The molecule has 3 N–H and O–H groups in total. The average molecular weight is 463 g/mol. The second-order valence-corrected chi connectivity index (χ2v) is 8.80. The lowest BCUT2D eigenvalue weighted by Crippen LogP contribution is -2.26. The van der Waals surface area contributed by atoms with Gasteiger partial charge in [-0.3, -0.25) is 9.59 Å². The number of amides is 2. The van der Waals surface area contributed by atoms with Gasteiger partial charge in [0, 0.05) is 23.5 Å². The predicted molar refractivity (Wildman–Crippen MR) is 135 cm³/mol. The molecule has 6 heteroatoms. The zero-order chi connectivity index (χ0) is 23.3. The number of aliphatic hydroxyl groups excluding tert-OH is 1. The van der Waals surface area contributed by atoms with E-state index in [0.29, 0.717) is 18.7 Å². The number of hydrogen-bond acceptors (Lipinski definition) is 4. The summed E-state index contributed by atoms with van der Waals surface area (Å²) < 4.78 is 0. The van der Waals surface area contributed by atoms with Gasteiger partial charge in [-0.15, -0.1) is 11.8 Å². The molecule has 33 heavy (non-hydrogen) atoms. The van der Waals surface area contributed by atoms with E-state index in [1.807, 2.05) is 78.9 Å². The molecule has 0 radical (unpaired) electrons. The van der Waals surface area contributed by atoms with Gasteiger partial charge >= 0.3 is 0 Å². The highest BCUT2D eigenvalue weighted by atomic mass is 32.2. The van der Waals surface area contributed by atoms with Crippen LogP contribution in [0.15, 0.2) is 83.8 Å². The molecular weight excluding hydrogens is 432 g/mol. The summed E-state index contributed by atoms with van der Waals surface area (Å²) in [5.74, 6) is 0.373. The highest BCUT2D eigenvalue weighted by Crippen LogP contribution is 2.22. The Balaban J connectivity index is 1.27. The second-order valence-electron chi connectivity index (χ2n) is 7.75. The van der Waals surface area contributed by atoms with Crippen molar-refractivity contribution in [3.05, 3.63) is 84.4 Å². The lowest BCUT2D eigenvalue weighted by molar-refractivity contribution is -0.118. The maximum Gasteiger partial charge on any atom is 0.230 e. The Bertz CT molecular complexity index is 1020. The number of thioether (sulfide) groups is 1. The first-order valence-corrected chi connectivity index (χ1v) is 12.2. The number of carbonyl (C=O) groups excluding carboxylic acids is 2. The minimum absolute atomic E-state index is 0.00211. The van der Waals surface area contributed by atoms with Crippen LogP contribution in [-0.2, 0) is 16.2 Å². The molecule has 0 saturated heterocycles. The van der Waals surface area contributed by atoms with Crippen molar-refractivity contribution in [2.45, 2.75) is 37.2 Å². The van der Waals surface area contributed by atoms with Crippen LogP contribution in [0.1, 0.15) is 31.2 Å². The van der Waals surface area contributed by atoms with Crippen molar-refractivity contribution in [1.82, 2.24) is 5.32 Å². The fourth-order valence-electron chi connectivity index (χ4n) is 3.34. The smallest absolute Gasteiger partial charge is 0.230 e. The van der Waals surface area contributed by atoms with Gasteiger partial charge in [0.1, 0.15) is 0 Å². The van der Waals surface area contributed by atoms with Gasteiger partial charge in [0.2, 0.25) is 11.8 Å². The Labute approximate surface area is 199 Å². The highest BCUT2D eigenvalue weighted by Gasteiger charge is 2.05. The SMILES string of the molecule is O=C(CSc1ccc(CO)cc1)NCCCCCC(=O)Nc1cccc(-c2ccccc2)c1. The molecule has 5 nitrogen and oxygen atoms in total. The Hall–Kier alpha value is -3.09. The number of benzene rings is 3. The van der Waals surface area contributed by atoms with E-state index in [-0.39, 0.29) is 18.4 Å². The van der Waals surface area contributed by atoms with E-state index in [1.165, 1.54) is 11.8 Å². The Morgan fingerprint density at radius 2 is 1.55 bits per heavy atom. The van der Waals surface area contributed by atoms with Crippen LogP contribution in [0.3, 0.4) is 0 Å². The van der Waals surface area contributed by atoms with Crippen molar-refractivity contribution in [2.24, 2.45) is 0 Å². The van der Waals surface area contributed by atoms with Crippen LogP contribution in [0, 0.1) is 0 Å². The molecule has 0 atom stereocenters. The minimum atomic E-state index is 0.00211. The molecule has 0 aliphatic heterocycles. The van der Waals surface area contributed by atoms with Crippen LogP contribution in [0.5, 0.6) is 0 Å². The molecular formula is C27H30N2O3S. The minimum Gasteiger partial charge on any atom is -0.392 e. The Morgan fingerprint density at radius 3 is 2.30 bits per heavy atom. The fourth-order valence-corrected chi connectivity index (χ4v) is 4.07. The average Bonchev–Trinajstić information content (AvgIpc) is 2.86. The van der Waals surface area contributed by atoms with E-state index in [4.69, 9.17) is 5.11 Å². The van der Waals surface area contributed by atoms with E-state index >= 15 is 0 Å². The van der Waals surface area contributed by atoms with E-state index in [2.05, 4.69) is 10.6 Å². The van der Waals surface area contributed by atoms with Crippen molar-refractivity contribution in [1.29, 1.82) is 0 Å². The third-order valence-corrected chi connectivity index (χ3v) is 6.14. The lowest BCUT2D eigenvalue weighted by Gasteiger charge is -2.08. The van der Waals surface area contributed by atoms with E-state index in [1.54, 1.807) is 0 Å². The summed E-state index contributed by atoms with van der Waals surface area (Å²) in [5, 5.41) is 15.0. The van der Waals surface area contributed by atoms with Gasteiger partial charge in [-0.25, -0.2) is 0 Å². The summed E-state index contributed by atoms with van der Waals surface area (Å²) in [5.41, 5.74) is 3.86. The third-order valence-electron chi connectivity index (χ3n) is 5.13. The molecule has 0 aromatic heterocycles. The number of hydrogen-bond donors (Lipinski definition) is 3. The first-order chi connectivity index (χ1) is 16.1. The zero-order valence-electron chi connectivity index (χ0n) is 18.6. The van der Waals surface area contributed by atoms with E-state index in [0.717, 1.165) is 46.5 Å². The summed E-state index contributed by atoms with van der Waals surface area (Å²) in [7, 11) is 0. The van der Waals surface area contributed by atoms with Gasteiger partial charge in [-0.1, -0.05) is 61.0 Å². The first kappa shape index (κ1) is 24.6. The Kier molecular flexibility index (Phi) is 10.0. The van der Waals surface area contributed by atoms with Gasteiger partial charge in [0.25, 0.3) is 0 Å². The molecule has 172 valence electrons. The molecule has 0 unspecified atom stereocenters. The molecule has 2 amide bonds. The van der Waals surface area contributed by atoms with Gasteiger partial charge < -0.3 is 15.7 Å². The molecule has 0 fully saturated rings. The molecule has 0 saturated carbocycles. The predicted octanol–water partition coefficient (Wildman–Crippen LogP) is 5.25. The molecule has 0 heterocycles. The molecule has 3 aromatic carbocycles. The van der Waals surface area contributed by atoms with Crippen LogP contribution in [0.4, 0.5) is 5.69 Å². The molecule has 0 aliphatic rings. The summed E-state index contributed by atoms with van der Waals surface area (Å²) in [4.78, 5) is 25.2. The van der Waals surface area contributed by atoms with Gasteiger partial charge in [-0.05, 0) is 53.8 Å². The number of nitrogens with one attached hydrogen (secondary N) is 2. The molecule has 3 aromatic rings. The number of anilines is 1. The standard InChI is InChI=1S/C27H30N2O3S/c30-19-21-13-15-25(16-14-21)33-20-27(32)28-17-6-2-5-12-26(31)29-24-11-7-10-23(18-24)22-8-3-1-4-9-22/h1,3-4,7-11,13-16,18,30H,2,5-6,12,17,19-20H2,(H,28,32)(H,29,31). The van der Waals surface area contributed by atoms with E-state index < -0.39 is 0 Å². The van der Waals surface area contributed by atoms with Crippen molar-refractivity contribution >= 4 is 29.3 Å². The summed E-state index contributed by atoms with van der Waals surface area (Å²) in [6.07, 6.45) is 2.97. The normalized spacial score (nSPS) is 10.6. The second kappa shape index (κ2) is 13.5. The van der Waals surface area contributed by atoms with Crippen molar-refractivity contribution in [2.75, 3.05) is 17.6 Å². The number of carbonyl (C=O) groups is 2. The van der Waals surface area contributed by atoms with Crippen LogP contribution >= 0.6 is 11.8 Å². The third kappa shape index (κ3) is 8.75. The molecule has 0 aliphatic carbocycles. The number of aliphatic hydroxyl groups is 1. The van der Waals surface area contributed by atoms with Crippen molar-refractivity contribution < 1.29 is 14.7 Å².